The number of rotatable bonds is 18. The van der Waals surface area contributed by atoms with Gasteiger partial charge in [-0.05, 0) is 93.2 Å². The Balaban J connectivity index is 1.24. The molecule has 1 aliphatic heterocycles. The van der Waals surface area contributed by atoms with Crippen molar-refractivity contribution >= 4 is 21.8 Å². The molecule has 1 aliphatic carbocycles. The van der Waals surface area contributed by atoms with E-state index < -0.39 is 39.2 Å². The molecule has 13 heteroatoms. The minimum absolute atomic E-state index is 0.0235. The number of anilines is 1. The molecule has 1 heterocycles. The van der Waals surface area contributed by atoms with Gasteiger partial charge in [0.05, 0.1) is 18.0 Å². The van der Waals surface area contributed by atoms with Crippen molar-refractivity contribution in [3.05, 3.63) is 77.3 Å². The fourth-order valence-corrected chi connectivity index (χ4v) is 7.49. The predicted molar refractivity (Wildman–Crippen MR) is 189 cm³/mol. The number of amides is 1. The minimum atomic E-state index is -3.57. The summed E-state index contributed by atoms with van der Waals surface area (Å²) in [4.78, 5) is 14.2. The number of piperidine rings is 1. The number of nitrogens with zero attached hydrogens (tertiary/aromatic N) is 1. The Morgan fingerprint density at radius 3 is 2.37 bits per heavy atom. The molecule has 1 fully saturated rings. The maximum Gasteiger partial charge on any atom is 0.411 e. The normalized spacial score (nSPS) is 19.0. The first kappa shape index (κ1) is 38.2. The number of allylic oxidation sites excluding steroid dienone is 4. The summed E-state index contributed by atoms with van der Waals surface area (Å²) in [6, 6.07) is 8.60. The van der Waals surface area contributed by atoms with Crippen molar-refractivity contribution in [1.82, 2.24) is 15.5 Å². The van der Waals surface area contributed by atoms with Gasteiger partial charge in [-0.15, -0.1) is 0 Å². The first-order valence-electron chi connectivity index (χ1n) is 17.2. The average Bonchev–Trinajstić information content (AvgIpc) is 3.06. The number of aliphatic hydroxyl groups is 1. The molecule has 2 atom stereocenters. The Labute approximate surface area is 289 Å². The number of phenolic OH excluding ortho intramolecular Hbond substituents is 2. The van der Waals surface area contributed by atoms with Crippen molar-refractivity contribution in [2.45, 2.75) is 88.2 Å². The van der Waals surface area contributed by atoms with Crippen LogP contribution in [0.5, 0.6) is 11.5 Å². The zero-order valence-corrected chi connectivity index (χ0v) is 29.0. The summed E-state index contributed by atoms with van der Waals surface area (Å²) in [7, 11) is -3.57. The molecule has 7 N–H and O–H groups in total. The smallest absolute Gasteiger partial charge is 0.411 e. The third-order valence-corrected chi connectivity index (χ3v) is 10.1. The van der Waals surface area contributed by atoms with Crippen LogP contribution in [0.15, 0.2) is 60.3 Å². The van der Waals surface area contributed by atoms with E-state index in [0.29, 0.717) is 49.1 Å². The highest BCUT2D eigenvalue weighted by atomic mass is 32.2. The molecule has 4 rings (SSSR count). The van der Waals surface area contributed by atoms with Crippen molar-refractivity contribution in [3.8, 4) is 11.5 Å². The van der Waals surface area contributed by atoms with Crippen LogP contribution in [0.4, 0.5) is 14.9 Å². The summed E-state index contributed by atoms with van der Waals surface area (Å²) in [6.45, 7) is 2.49. The molecular formula is C36H51FN4O7S. The fourth-order valence-electron chi connectivity index (χ4n) is 6.93. The lowest BCUT2D eigenvalue weighted by Gasteiger charge is -2.45. The number of sulfonamides is 1. The van der Waals surface area contributed by atoms with E-state index in [1.54, 1.807) is 12.1 Å². The number of unbranched alkanes of at least 4 members (excludes halogenated alkanes) is 6. The number of carboxylic acid groups (broad SMARTS) is 1. The SMILES string of the molecule is CS(=O)(=O)Nc1cc([C@@H](O)CNCCCCCCCCCC2(c3ccc(O)c(F)c3)CC=CC=C2N(C(=O)O)C2CCNCC2)ccc1O. The molecule has 1 unspecified atom stereocenters. The van der Waals surface area contributed by atoms with Crippen molar-refractivity contribution in [2.75, 3.05) is 37.2 Å². The molecule has 0 bridgehead atoms. The van der Waals surface area contributed by atoms with Crippen molar-refractivity contribution < 1.29 is 38.0 Å². The molecule has 0 spiro atoms. The molecule has 49 heavy (non-hydrogen) atoms. The third-order valence-electron chi connectivity index (χ3n) is 9.48. The topological polar surface area (TPSA) is 171 Å². The second-order valence-electron chi connectivity index (χ2n) is 13.2. The molecule has 0 saturated carbocycles. The highest BCUT2D eigenvalue weighted by Gasteiger charge is 2.43. The third kappa shape index (κ3) is 10.7. The number of nitrogens with one attached hydrogen (secondary N) is 3. The van der Waals surface area contributed by atoms with E-state index in [1.807, 2.05) is 18.2 Å². The molecule has 0 aromatic heterocycles. The molecule has 1 amide bonds. The molecule has 2 aliphatic rings. The average molecular weight is 703 g/mol. The van der Waals surface area contributed by atoms with Gasteiger partial charge in [0.1, 0.15) is 5.75 Å². The number of benzene rings is 2. The fraction of sp³-hybridized carbons (Fsp3) is 0.528. The van der Waals surface area contributed by atoms with Crippen molar-refractivity contribution in [1.29, 1.82) is 0 Å². The Hall–Kier alpha value is -3.65. The second-order valence-corrected chi connectivity index (χ2v) is 14.9. The van der Waals surface area contributed by atoms with E-state index in [2.05, 4.69) is 15.4 Å². The summed E-state index contributed by atoms with van der Waals surface area (Å²) in [5.74, 6) is -1.35. The minimum Gasteiger partial charge on any atom is -0.506 e. The highest BCUT2D eigenvalue weighted by molar-refractivity contribution is 7.92. The number of aromatic hydroxyl groups is 2. The van der Waals surface area contributed by atoms with E-state index in [-0.39, 0.29) is 17.5 Å². The van der Waals surface area contributed by atoms with Gasteiger partial charge in [0, 0.05) is 23.7 Å². The van der Waals surface area contributed by atoms with Gasteiger partial charge in [-0.2, -0.15) is 0 Å². The van der Waals surface area contributed by atoms with Crippen LogP contribution in [0.1, 0.15) is 87.9 Å². The lowest BCUT2D eigenvalue weighted by atomic mass is 9.68. The maximum atomic E-state index is 14.7. The second kappa shape index (κ2) is 17.8. The van der Waals surface area contributed by atoms with Crippen LogP contribution in [0.3, 0.4) is 0 Å². The van der Waals surface area contributed by atoms with E-state index in [1.165, 1.54) is 29.2 Å². The molecule has 2 aromatic carbocycles. The number of halogens is 1. The lowest BCUT2D eigenvalue weighted by Crippen LogP contribution is -2.50. The van der Waals surface area contributed by atoms with Crippen molar-refractivity contribution in [3.63, 3.8) is 0 Å². The van der Waals surface area contributed by atoms with Gasteiger partial charge >= 0.3 is 6.09 Å². The predicted octanol–water partition coefficient (Wildman–Crippen LogP) is 5.87. The van der Waals surface area contributed by atoms with Crippen LogP contribution in [0.25, 0.3) is 0 Å². The van der Waals surface area contributed by atoms with Gasteiger partial charge in [-0.25, -0.2) is 17.6 Å². The molecule has 11 nitrogen and oxygen atoms in total. The van der Waals surface area contributed by atoms with Gasteiger partial charge in [0.2, 0.25) is 10.0 Å². The first-order valence-corrected chi connectivity index (χ1v) is 19.1. The Kier molecular flexibility index (Phi) is 13.9. The number of hydrogen-bond donors (Lipinski definition) is 7. The highest BCUT2D eigenvalue weighted by Crippen LogP contribution is 2.46. The van der Waals surface area contributed by atoms with E-state index in [9.17, 15) is 38.0 Å². The molecule has 0 radical (unpaired) electrons. The summed E-state index contributed by atoms with van der Waals surface area (Å²) in [5, 5.41) is 47.3. The largest absolute Gasteiger partial charge is 0.506 e. The van der Waals surface area contributed by atoms with Gasteiger partial charge in [-0.1, -0.05) is 62.8 Å². The standard InChI is InChI=1S/C36H51FN4O7S/c1-49(47,48)40-30-23-26(12-14-32(30)43)33(44)25-39-20-10-6-4-2-3-5-8-18-36(27-13-15-31(42)29(37)24-27)19-9-7-11-34(36)41(35(45)46)28-16-21-38-22-17-28/h7,9,11-15,23-24,28,33,38-40,42-44H,2-6,8,10,16-22,25H2,1H3,(H,45,46)/t33-,36?/m0/s1. The van der Waals surface area contributed by atoms with E-state index >= 15 is 0 Å². The summed E-state index contributed by atoms with van der Waals surface area (Å²) >= 11 is 0. The monoisotopic (exact) mass is 702 g/mol. The quantitative estimate of drug-likeness (QED) is 0.0742. The van der Waals surface area contributed by atoms with Crippen LogP contribution in [0.2, 0.25) is 0 Å². The first-order chi connectivity index (χ1) is 23.4. The number of hydrogen-bond acceptors (Lipinski definition) is 8. The summed E-state index contributed by atoms with van der Waals surface area (Å²) < 4.78 is 40.0. The molecule has 270 valence electrons. The van der Waals surface area contributed by atoms with Crippen LogP contribution in [-0.4, -0.2) is 78.3 Å². The summed E-state index contributed by atoms with van der Waals surface area (Å²) in [5.41, 5.74) is 1.13. The summed E-state index contributed by atoms with van der Waals surface area (Å²) in [6.07, 6.45) is 14.4. The van der Waals surface area contributed by atoms with Gasteiger partial charge in [0.15, 0.2) is 11.6 Å². The van der Waals surface area contributed by atoms with Crippen molar-refractivity contribution in [2.24, 2.45) is 0 Å². The van der Waals surface area contributed by atoms with Gasteiger partial charge < -0.3 is 31.1 Å². The molecule has 2 aromatic rings. The number of carbonyl (C=O) groups is 1. The van der Waals surface area contributed by atoms with E-state index in [4.69, 9.17) is 0 Å². The number of aliphatic hydroxyl groups excluding tert-OH is 1. The van der Waals surface area contributed by atoms with Crippen LogP contribution in [0, 0.1) is 5.82 Å². The molecule has 1 saturated heterocycles. The number of phenols is 2. The Morgan fingerprint density at radius 1 is 1.02 bits per heavy atom. The maximum absolute atomic E-state index is 14.7. The van der Waals surface area contributed by atoms with Crippen LogP contribution in [-0.2, 0) is 15.4 Å². The van der Waals surface area contributed by atoms with E-state index in [0.717, 1.165) is 70.8 Å². The Bertz CT molecular complexity index is 1580. The van der Waals surface area contributed by atoms with Gasteiger partial charge in [0.25, 0.3) is 0 Å². The zero-order chi connectivity index (χ0) is 35.4. The lowest BCUT2D eigenvalue weighted by molar-refractivity contribution is 0.120. The zero-order valence-electron chi connectivity index (χ0n) is 28.2. The van der Waals surface area contributed by atoms with Gasteiger partial charge in [-0.3, -0.25) is 9.62 Å². The Morgan fingerprint density at radius 2 is 1.69 bits per heavy atom. The molecular weight excluding hydrogens is 651 g/mol. The van der Waals surface area contributed by atoms with Crippen LogP contribution >= 0.6 is 0 Å². The van der Waals surface area contributed by atoms with Crippen LogP contribution < -0.4 is 15.4 Å².